The van der Waals surface area contributed by atoms with Crippen molar-refractivity contribution < 1.29 is 4.79 Å². The van der Waals surface area contributed by atoms with E-state index < -0.39 is 0 Å². The van der Waals surface area contributed by atoms with E-state index >= 15 is 0 Å². The minimum atomic E-state index is 0.0426. The molecule has 5 nitrogen and oxygen atoms in total. The highest BCUT2D eigenvalue weighted by atomic mass is 16.2. The van der Waals surface area contributed by atoms with Crippen LogP contribution < -0.4 is 0 Å². The van der Waals surface area contributed by atoms with Crippen molar-refractivity contribution in [3.63, 3.8) is 0 Å². The smallest absolute Gasteiger partial charge is 0.255 e. The molecule has 3 heterocycles. The summed E-state index contributed by atoms with van der Waals surface area (Å²) in [6.07, 6.45) is 4.06. The lowest BCUT2D eigenvalue weighted by Crippen LogP contribution is -2.26. The molecule has 1 aliphatic rings. The lowest BCUT2D eigenvalue weighted by atomic mass is 10.0. The molecule has 0 radical (unpaired) electrons. The van der Waals surface area contributed by atoms with Crippen LogP contribution in [0.5, 0.6) is 0 Å². The highest BCUT2D eigenvalue weighted by Crippen LogP contribution is 2.32. The first kappa shape index (κ1) is 19.6. The van der Waals surface area contributed by atoms with Crippen LogP contribution in [0.1, 0.15) is 32.7 Å². The zero-order valence-electron chi connectivity index (χ0n) is 18.7. The summed E-state index contributed by atoms with van der Waals surface area (Å²) in [5, 5.41) is 7.04. The third-order valence-electron chi connectivity index (χ3n) is 6.62. The summed E-state index contributed by atoms with van der Waals surface area (Å²) in [6.45, 7) is 5.28. The van der Waals surface area contributed by atoms with E-state index in [0.29, 0.717) is 13.1 Å². The number of carbonyl (C=O) groups excluding carboxylic acids is 1. The van der Waals surface area contributed by atoms with E-state index in [4.69, 9.17) is 5.10 Å². The highest BCUT2D eigenvalue weighted by Gasteiger charge is 2.32. The Hall–Kier alpha value is -4.12. The van der Waals surface area contributed by atoms with Gasteiger partial charge >= 0.3 is 0 Å². The first-order valence-corrected chi connectivity index (χ1v) is 11.2. The van der Waals surface area contributed by atoms with Gasteiger partial charge in [0.05, 0.1) is 24.5 Å². The van der Waals surface area contributed by atoms with Gasteiger partial charge in [-0.05, 0) is 66.1 Å². The van der Waals surface area contributed by atoms with Crippen molar-refractivity contribution in [2.75, 3.05) is 0 Å². The van der Waals surface area contributed by atoms with Crippen molar-refractivity contribution in [2.24, 2.45) is 0 Å². The van der Waals surface area contributed by atoms with Gasteiger partial charge < -0.3 is 9.47 Å². The summed E-state index contributed by atoms with van der Waals surface area (Å²) in [4.78, 5) is 15.4. The van der Waals surface area contributed by atoms with Crippen molar-refractivity contribution in [1.82, 2.24) is 19.2 Å². The molecule has 5 heteroatoms. The van der Waals surface area contributed by atoms with Crippen LogP contribution in [0.25, 0.3) is 22.3 Å². The van der Waals surface area contributed by atoms with Gasteiger partial charge in [0, 0.05) is 23.5 Å². The monoisotopic (exact) mass is 432 g/mol. The standard InChI is InChI=1S/C28H24N4O/c1-19-12-13-22(16-20(19)2)32-27(30-14-5-6-15-30)25-17-31(18-26(25)29-32)28(33)24-11-7-9-21-8-3-4-10-23(21)24/h3-16H,17-18H2,1-2H3. The Bertz CT molecular complexity index is 1510. The molecule has 0 fully saturated rings. The minimum absolute atomic E-state index is 0.0426. The van der Waals surface area contributed by atoms with Gasteiger partial charge in [0.25, 0.3) is 5.91 Å². The molecule has 6 rings (SSSR count). The van der Waals surface area contributed by atoms with E-state index in [9.17, 15) is 4.79 Å². The number of aromatic nitrogens is 3. The van der Waals surface area contributed by atoms with E-state index in [1.54, 1.807) is 0 Å². The summed E-state index contributed by atoms with van der Waals surface area (Å²) in [7, 11) is 0. The van der Waals surface area contributed by atoms with Crippen LogP contribution in [0.2, 0.25) is 0 Å². The molecule has 0 spiro atoms. The van der Waals surface area contributed by atoms with Gasteiger partial charge in [-0.15, -0.1) is 0 Å². The van der Waals surface area contributed by atoms with Crippen LogP contribution in [-0.2, 0) is 13.1 Å². The van der Waals surface area contributed by atoms with Gasteiger partial charge in [-0.1, -0.05) is 42.5 Å². The fourth-order valence-corrected chi connectivity index (χ4v) is 4.71. The number of benzene rings is 3. The lowest BCUT2D eigenvalue weighted by molar-refractivity contribution is 0.0751. The van der Waals surface area contributed by atoms with Gasteiger partial charge in [0.1, 0.15) is 5.82 Å². The van der Waals surface area contributed by atoms with E-state index in [-0.39, 0.29) is 5.91 Å². The second-order valence-electron chi connectivity index (χ2n) is 8.71. The molecule has 1 aliphatic heterocycles. The second kappa shape index (κ2) is 7.48. The summed E-state index contributed by atoms with van der Waals surface area (Å²) in [5.41, 5.74) is 6.30. The predicted molar refractivity (Wildman–Crippen MR) is 130 cm³/mol. The molecule has 1 amide bonds. The molecule has 162 valence electrons. The molecule has 0 saturated carbocycles. The van der Waals surface area contributed by atoms with Gasteiger partial charge in [-0.2, -0.15) is 5.10 Å². The van der Waals surface area contributed by atoms with E-state index in [1.807, 2.05) is 76.6 Å². The van der Waals surface area contributed by atoms with Crippen molar-refractivity contribution in [1.29, 1.82) is 0 Å². The van der Waals surface area contributed by atoms with Gasteiger partial charge in [-0.25, -0.2) is 4.68 Å². The summed E-state index contributed by atoms with van der Waals surface area (Å²) >= 11 is 0. The number of carbonyl (C=O) groups is 1. The molecule has 3 aromatic carbocycles. The van der Waals surface area contributed by atoms with Crippen LogP contribution >= 0.6 is 0 Å². The van der Waals surface area contributed by atoms with Crippen LogP contribution in [0, 0.1) is 13.8 Å². The average Bonchev–Trinajstić information content (AvgIpc) is 3.56. The quantitative estimate of drug-likeness (QED) is 0.373. The number of aryl methyl sites for hydroxylation is 2. The second-order valence-corrected chi connectivity index (χ2v) is 8.71. The maximum Gasteiger partial charge on any atom is 0.255 e. The zero-order valence-corrected chi connectivity index (χ0v) is 18.7. The third kappa shape index (κ3) is 3.16. The SMILES string of the molecule is Cc1ccc(-n2nc3c(c2-n2cccc2)CN(C(=O)c2cccc4ccccc24)C3)cc1C. The molecule has 0 atom stereocenters. The third-order valence-corrected chi connectivity index (χ3v) is 6.62. The van der Waals surface area contributed by atoms with Crippen molar-refractivity contribution in [3.8, 4) is 11.5 Å². The molecule has 0 unspecified atom stereocenters. The Morgan fingerprint density at radius 3 is 2.45 bits per heavy atom. The van der Waals surface area contributed by atoms with Crippen LogP contribution in [0.15, 0.2) is 85.2 Å². The molecule has 0 saturated heterocycles. The molecule has 2 aromatic heterocycles. The summed E-state index contributed by atoms with van der Waals surface area (Å²) in [5.74, 6) is 1.03. The van der Waals surface area contributed by atoms with E-state index in [0.717, 1.165) is 39.1 Å². The molecule has 33 heavy (non-hydrogen) atoms. The molecule has 5 aromatic rings. The molecular formula is C28H24N4O. The summed E-state index contributed by atoms with van der Waals surface area (Å²) < 4.78 is 4.10. The summed E-state index contributed by atoms with van der Waals surface area (Å²) in [6, 6.07) is 24.4. The largest absolute Gasteiger partial charge is 0.328 e. The highest BCUT2D eigenvalue weighted by molar-refractivity contribution is 6.07. The Morgan fingerprint density at radius 1 is 0.848 bits per heavy atom. The Kier molecular flexibility index (Phi) is 4.44. The number of hydrogen-bond donors (Lipinski definition) is 0. The van der Waals surface area contributed by atoms with Gasteiger partial charge in [-0.3, -0.25) is 4.79 Å². The first-order valence-electron chi connectivity index (χ1n) is 11.2. The molecule has 0 bridgehead atoms. The van der Waals surface area contributed by atoms with Crippen molar-refractivity contribution in [2.45, 2.75) is 26.9 Å². The van der Waals surface area contributed by atoms with Gasteiger partial charge in [0.15, 0.2) is 0 Å². The number of nitrogens with zero attached hydrogens (tertiary/aromatic N) is 4. The van der Waals surface area contributed by atoms with Crippen molar-refractivity contribution in [3.05, 3.63) is 113 Å². The predicted octanol–water partition coefficient (Wildman–Crippen LogP) is 5.59. The average molecular weight is 433 g/mol. The maximum absolute atomic E-state index is 13.5. The lowest BCUT2D eigenvalue weighted by Gasteiger charge is -2.19. The molecular weight excluding hydrogens is 408 g/mol. The van der Waals surface area contributed by atoms with Gasteiger partial charge in [0.2, 0.25) is 0 Å². The molecule has 0 aliphatic carbocycles. The minimum Gasteiger partial charge on any atom is -0.328 e. The fraction of sp³-hybridized carbons (Fsp3) is 0.143. The Balaban J connectivity index is 1.41. The van der Waals surface area contributed by atoms with Crippen molar-refractivity contribution >= 4 is 16.7 Å². The number of amides is 1. The van der Waals surface area contributed by atoms with Crippen LogP contribution in [0.4, 0.5) is 0 Å². The molecule has 0 N–H and O–H groups in total. The number of hydrogen-bond acceptors (Lipinski definition) is 2. The Labute approximate surface area is 192 Å². The maximum atomic E-state index is 13.5. The zero-order chi connectivity index (χ0) is 22.5. The first-order chi connectivity index (χ1) is 16.1. The van der Waals surface area contributed by atoms with Crippen LogP contribution in [-0.4, -0.2) is 25.2 Å². The number of fused-ring (bicyclic) bond motifs is 2. The number of rotatable bonds is 3. The normalized spacial score (nSPS) is 13.0. The van der Waals surface area contributed by atoms with E-state index in [2.05, 4.69) is 36.6 Å². The van der Waals surface area contributed by atoms with Crippen LogP contribution in [0.3, 0.4) is 0 Å². The van der Waals surface area contributed by atoms with E-state index in [1.165, 1.54) is 11.1 Å². The fourth-order valence-electron chi connectivity index (χ4n) is 4.71. The topological polar surface area (TPSA) is 43.1 Å². The Morgan fingerprint density at radius 2 is 1.64 bits per heavy atom.